The van der Waals surface area contributed by atoms with Crippen LogP contribution in [0, 0.1) is 5.92 Å². The first kappa shape index (κ1) is 26.0. The Hall–Kier alpha value is -2.66. The van der Waals surface area contributed by atoms with E-state index < -0.39 is 0 Å². The number of rotatable bonds is 7. The van der Waals surface area contributed by atoms with Crippen molar-refractivity contribution in [2.24, 2.45) is 5.92 Å². The highest BCUT2D eigenvalue weighted by Gasteiger charge is 2.34. The minimum Gasteiger partial charge on any atom is -0.340 e. The number of piperidine rings is 1. The van der Waals surface area contributed by atoms with Crippen LogP contribution in [-0.4, -0.2) is 66.9 Å². The molecule has 0 aromatic heterocycles. The quantitative estimate of drug-likeness (QED) is 0.381. The lowest BCUT2D eigenvalue weighted by atomic mass is 9.84. The molecule has 0 radical (unpaired) electrons. The van der Waals surface area contributed by atoms with Gasteiger partial charge in [0, 0.05) is 49.6 Å². The second kappa shape index (κ2) is 12.3. The normalized spacial score (nSPS) is 18.7. The van der Waals surface area contributed by atoms with Gasteiger partial charge in [0.15, 0.2) is 0 Å². The van der Waals surface area contributed by atoms with Gasteiger partial charge in [-0.1, -0.05) is 84.4 Å². The Kier molecular flexibility index (Phi) is 8.60. The zero-order valence-corrected chi connectivity index (χ0v) is 22.6. The second-order valence-corrected chi connectivity index (χ2v) is 11.1. The lowest BCUT2D eigenvalue weighted by Crippen LogP contribution is -2.51. The number of hydrogen-bond acceptors (Lipinski definition) is 3. The van der Waals surface area contributed by atoms with E-state index in [2.05, 4.69) is 82.4 Å². The summed E-state index contributed by atoms with van der Waals surface area (Å²) in [6, 6.07) is 29.7. The van der Waals surface area contributed by atoms with E-state index >= 15 is 0 Å². The molecule has 37 heavy (non-hydrogen) atoms. The van der Waals surface area contributed by atoms with Crippen molar-refractivity contribution in [3.05, 3.63) is 107 Å². The smallest absolute Gasteiger partial charge is 0.223 e. The van der Waals surface area contributed by atoms with E-state index in [-0.39, 0.29) is 11.8 Å². The summed E-state index contributed by atoms with van der Waals surface area (Å²) in [7, 11) is 2.22. The molecule has 2 saturated heterocycles. The van der Waals surface area contributed by atoms with E-state index in [1.54, 1.807) is 0 Å². The van der Waals surface area contributed by atoms with E-state index in [1.807, 2.05) is 24.3 Å². The van der Waals surface area contributed by atoms with Gasteiger partial charge in [0.1, 0.15) is 0 Å². The Bertz CT molecular complexity index is 1080. The topological polar surface area (TPSA) is 26.8 Å². The summed E-state index contributed by atoms with van der Waals surface area (Å²) < 4.78 is 0. The van der Waals surface area contributed by atoms with Crippen LogP contribution in [0.3, 0.4) is 0 Å². The predicted octanol–water partition coefficient (Wildman–Crippen LogP) is 6.09. The highest BCUT2D eigenvalue weighted by molar-refractivity contribution is 6.30. The third kappa shape index (κ3) is 6.43. The molecule has 4 nitrogen and oxygen atoms in total. The van der Waals surface area contributed by atoms with Crippen LogP contribution in [0.25, 0.3) is 0 Å². The van der Waals surface area contributed by atoms with Gasteiger partial charge in [-0.15, -0.1) is 0 Å². The van der Waals surface area contributed by atoms with E-state index in [0.717, 1.165) is 44.3 Å². The molecule has 3 aromatic carbocycles. The second-order valence-electron chi connectivity index (χ2n) is 10.6. The fraction of sp³-hybridized carbons (Fsp3) is 0.406. The van der Waals surface area contributed by atoms with E-state index in [4.69, 9.17) is 11.6 Å². The maximum absolute atomic E-state index is 13.6. The van der Waals surface area contributed by atoms with Crippen LogP contribution < -0.4 is 0 Å². The van der Waals surface area contributed by atoms with Gasteiger partial charge in [-0.2, -0.15) is 0 Å². The predicted molar refractivity (Wildman–Crippen MR) is 152 cm³/mol. The van der Waals surface area contributed by atoms with Crippen LogP contribution in [0.2, 0.25) is 5.02 Å². The Balaban J connectivity index is 1.27. The molecule has 5 heteroatoms. The van der Waals surface area contributed by atoms with Gasteiger partial charge < -0.3 is 9.80 Å². The molecule has 194 valence electrons. The number of carbonyl (C=O) groups excluding carboxylic acids is 1. The number of carbonyl (C=O) groups is 1. The standard InChI is InChI=1S/C32H38ClN3O/c1-34-18-16-28(17-19-34)32(27-12-14-29(33)15-13-27)36-22-20-35(21-23-36)31(37)24-30(25-8-4-2-5-9-25)26-10-6-3-7-11-26/h2-15,28,30,32H,16-24H2,1H3. The van der Waals surface area contributed by atoms with Gasteiger partial charge >= 0.3 is 0 Å². The fourth-order valence-electron chi connectivity index (χ4n) is 6.14. The molecule has 2 aliphatic rings. The molecule has 2 fully saturated rings. The lowest BCUT2D eigenvalue weighted by Gasteiger charge is -2.44. The first-order chi connectivity index (χ1) is 18.1. The molecule has 0 spiro atoms. The average molecular weight is 516 g/mol. The number of hydrogen-bond donors (Lipinski definition) is 0. The summed E-state index contributed by atoms with van der Waals surface area (Å²) in [5.41, 5.74) is 3.75. The van der Waals surface area contributed by atoms with Crippen molar-refractivity contribution in [2.75, 3.05) is 46.3 Å². The van der Waals surface area contributed by atoms with Crippen molar-refractivity contribution >= 4 is 17.5 Å². The molecule has 0 N–H and O–H groups in total. The number of piperazine rings is 1. The summed E-state index contributed by atoms with van der Waals surface area (Å²) in [5, 5.41) is 0.785. The van der Waals surface area contributed by atoms with E-state index in [1.165, 1.54) is 29.5 Å². The molecular formula is C32H38ClN3O. The van der Waals surface area contributed by atoms with Gasteiger partial charge in [-0.05, 0) is 67.7 Å². The van der Waals surface area contributed by atoms with E-state index in [0.29, 0.717) is 18.4 Å². The maximum Gasteiger partial charge on any atom is 0.223 e. The van der Waals surface area contributed by atoms with Crippen LogP contribution in [0.1, 0.15) is 47.9 Å². The molecule has 2 heterocycles. The zero-order valence-electron chi connectivity index (χ0n) is 21.8. The van der Waals surface area contributed by atoms with Gasteiger partial charge in [0.25, 0.3) is 0 Å². The highest BCUT2D eigenvalue weighted by Crippen LogP contribution is 2.37. The van der Waals surface area contributed by atoms with Crippen LogP contribution in [0.15, 0.2) is 84.9 Å². The SMILES string of the molecule is CN1CCC(C(c2ccc(Cl)cc2)N2CCN(C(=O)CC(c3ccccc3)c3ccccc3)CC2)CC1. The Labute approximate surface area is 226 Å². The average Bonchev–Trinajstić information content (AvgIpc) is 2.95. The molecule has 1 atom stereocenters. The van der Waals surface area contributed by atoms with Crippen LogP contribution >= 0.6 is 11.6 Å². The van der Waals surface area contributed by atoms with Crippen molar-refractivity contribution in [3.8, 4) is 0 Å². The Morgan fingerprint density at radius 3 is 1.84 bits per heavy atom. The summed E-state index contributed by atoms with van der Waals surface area (Å²) >= 11 is 6.23. The third-order valence-electron chi connectivity index (χ3n) is 8.26. The number of benzene rings is 3. The molecule has 5 rings (SSSR count). The molecule has 0 bridgehead atoms. The van der Waals surface area contributed by atoms with Gasteiger partial charge in [-0.3, -0.25) is 9.69 Å². The first-order valence-electron chi connectivity index (χ1n) is 13.6. The van der Waals surface area contributed by atoms with Crippen molar-refractivity contribution in [1.29, 1.82) is 0 Å². The molecule has 0 saturated carbocycles. The van der Waals surface area contributed by atoms with Gasteiger partial charge in [0.05, 0.1) is 0 Å². The van der Waals surface area contributed by atoms with Crippen molar-refractivity contribution in [2.45, 2.75) is 31.2 Å². The largest absolute Gasteiger partial charge is 0.340 e. The summed E-state index contributed by atoms with van der Waals surface area (Å²) in [5.74, 6) is 0.953. The monoisotopic (exact) mass is 515 g/mol. The lowest BCUT2D eigenvalue weighted by molar-refractivity contribution is -0.133. The van der Waals surface area contributed by atoms with E-state index in [9.17, 15) is 4.79 Å². The fourth-order valence-corrected chi connectivity index (χ4v) is 6.26. The van der Waals surface area contributed by atoms with Crippen LogP contribution in [-0.2, 0) is 4.79 Å². The Morgan fingerprint density at radius 2 is 1.30 bits per heavy atom. The Morgan fingerprint density at radius 1 is 0.757 bits per heavy atom. The molecule has 1 amide bonds. The summed E-state index contributed by atoms with van der Waals surface area (Å²) in [4.78, 5) is 20.7. The summed E-state index contributed by atoms with van der Waals surface area (Å²) in [6.07, 6.45) is 2.92. The van der Waals surface area contributed by atoms with Gasteiger partial charge in [-0.25, -0.2) is 0 Å². The van der Waals surface area contributed by atoms with Crippen LogP contribution in [0.5, 0.6) is 0 Å². The number of nitrogens with zero attached hydrogens (tertiary/aromatic N) is 3. The molecular weight excluding hydrogens is 478 g/mol. The molecule has 3 aromatic rings. The first-order valence-corrected chi connectivity index (χ1v) is 14.0. The highest BCUT2D eigenvalue weighted by atomic mass is 35.5. The molecule has 2 aliphatic heterocycles. The number of amides is 1. The van der Waals surface area contributed by atoms with Crippen molar-refractivity contribution in [3.63, 3.8) is 0 Å². The summed E-state index contributed by atoms with van der Waals surface area (Å²) in [6.45, 7) is 5.68. The minimum atomic E-state index is 0.0778. The number of likely N-dealkylation sites (tertiary alicyclic amines) is 1. The molecule has 1 unspecified atom stereocenters. The van der Waals surface area contributed by atoms with Gasteiger partial charge in [0.2, 0.25) is 5.91 Å². The maximum atomic E-state index is 13.6. The van der Waals surface area contributed by atoms with Crippen LogP contribution in [0.4, 0.5) is 0 Å². The number of halogens is 1. The zero-order chi connectivity index (χ0) is 25.6. The minimum absolute atomic E-state index is 0.0778. The third-order valence-corrected chi connectivity index (χ3v) is 8.52. The molecule has 0 aliphatic carbocycles. The van der Waals surface area contributed by atoms with Crippen molar-refractivity contribution < 1.29 is 4.79 Å². The van der Waals surface area contributed by atoms with Crippen molar-refractivity contribution in [1.82, 2.24) is 14.7 Å².